The fourth-order valence-corrected chi connectivity index (χ4v) is 2.78. The molecular weight excluding hydrogens is 306 g/mol. The van der Waals surface area contributed by atoms with Crippen molar-refractivity contribution >= 4 is 5.91 Å². The minimum absolute atomic E-state index is 0.233. The molecule has 24 heavy (non-hydrogen) atoms. The number of amides is 1. The van der Waals surface area contributed by atoms with Gasteiger partial charge < -0.3 is 19.6 Å². The molecule has 2 aromatic rings. The minimum atomic E-state index is -0.739. The van der Waals surface area contributed by atoms with E-state index >= 15 is 0 Å². The van der Waals surface area contributed by atoms with Crippen LogP contribution >= 0.6 is 0 Å². The highest BCUT2D eigenvalue weighted by Crippen LogP contribution is 2.30. The number of rotatable bonds is 6. The van der Waals surface area contributed by atoms with E-state index in [0.29, 0.717) is 5.76 Å². The van der Waals surface area contributed by atoms with Crippen molar-refractivity contribution in [3.8, 4) is 5.75 Å². The van der Waals surface area contributed by atoms with Crippen LogP contribution in [0.2, 0.25) is 0 Å². The number of furan rings is 1. The zero-order valence-corrected chi connectivity index (χ0v) is 14.1. The van der Waals surface area contributed by atoms with Gasteiger partial charge in [0.1, 0.15) is 18.1 Å². The molecule has 2 N–H and O–H groups in total. The smallest absolute Gasteiger partial charge is 0.287 e. The maximum atomic E-state index is 12.1. The van der Waals surface area contributed by atoms with E-state index in [-0.39, 0.29) is 24.8 Å². The van der Waals surface area contributed by atoms with Gasteiger partial charge >= 0.3 is 0 Å². The first kappa shape index (κ1) is 16.6. The van der Waals surface area contributed by atoms with E-state index in [2.05, 4.69) is 11.4 Å². The van der Waals surface area contributed by atoms with Crippen LogP contribution < -0.4 is 10.1 Å². The Hall–Kier alpha value is -2.27. The summed E-state index contributed by atoms with van der Waals surface area (Å²) in [5.41, 5.74) is 1.51. The second kappa shape index (κ2) is 6.69. The summed E-state index contributed by atoms with van der Waals surface area (Å²) >= 11 is 0. The second-order valence-corrected chi connectivity index (χ2v) is 6.58. The summed E-state index contributed by atoms with van der Waals surface area (Å²) in [5, 5.41) is 12.7. The van der Waals surface area contributed by atoms with Crippen LogP contribution in [-0.4, -0.2) is 23.2 Å². The van der Waals surface area contributed by atoms with E-state index in [1.165, 1.54) is 5.56 Å². The maximum absolute atomic E-state index is 12.1. The molecule has 1 aromatic heterocycles. The van der Waals surface area contributed by atoms with E-state index in [1.807, 2.05) is 26.0 Å². The maximum Gasteiger partial charge on any atom is 0.287 e. The van der Waals surface area contributed by atoms with E-state index in [9.17, 15) is 9.90 Å². The van der Waals surface area contributed by atoms with Gasteiger partial charge in [0, 0.05) is 6.54 Å². The Morgan fingerprint density at radius 1 is 1.29 bits per heavy atom. The molecule has 0 saturated heterocycles. The van der Waals surface area contributed by atoms with Crippen molar-refractivity contribution in [2.24, 2.45) is 0 Å². The van der Waals surface area contributed by atoms with Crippen molar-refractivity contribution in [2.75, 3.05) is 6.54 Å². The molecule has 1 fully saturated rings. The molecule has 0 aliphatic heterocycles. The molecule has 0 bridgehead atoms. The van der Waals surface area contributed by atoms with Crippen LogP contribution in [0.1, 0.15) is 46.7 Å². The molecule has 1 aliphatic carbocycles. The van der Waals surface area contributed by atoms with Crippen molar-refractivity contribution in [3.05, 3.63) is 53.0 Å². The molecule has 0 spiro atoms. The van der Waals surface area contributed by atoms with E-state index < -0.39 is 5.60 Å². The lowest BCUT2D eigenvalue weighted by atomic mass is 9.80. The van der Waals surface area contributed by atoms with Crippen LogP contribution in [0.3, 0.4) is 0 Å². The largest absolute Gasteiger partial charge is 0.485 e. The van der Waals surface area contributed by atoms with Crippen molar-refractivity contribution < 1.29 is 19.1 Å². The Bertz CT molecular complexity index is 731. The van der Waals surface area contributed by atoms with Gasteiger partial charge in [-0.1, -0.05) is 17.7 Å². The monoisotopic (exact) mass is 329 g/mol. The summed E-state index contributed by atoms with van der Waals surface area (Å²) in [6.07, 6.45) is 2.48. The van der Waals surface area contributed by atoms with Gasteiger partial charge in [-0.05, 0) is 56.9 Å². The summed E-state index contributed by atoms with van der Waals surface area (Å²) in [6.45, 7) is 4.56. The third-order valence-corrected chi connectivity index (χ3v) is 4.45. The van der Waals surface area contributed by atoms with Gasteiger partial charge in [-0.15, -0.1) is 0 Å². The SMILES string of the molecule is Cc1ccc(OCc2ccc(C(=O)NCC3(O)CCC3)o2)c(C)c1. The highest BCUT2D eigenvalue weighted by atomic mass is 16.5. The molecular formula is C19H23NO4. The zero-order chi connectivity index (χ0) is 17.2. The Labute approximate surface area is 141 Å². The first-order chi connectivity index (χ1) is 11.5. The van der Waals surface area contributed by atoms with Crippen LogP contribution in [0.25, 0.3) is 0 Å². The number of nitrogens with one attached hydrogen (secondary N) is 1. The fraction of sp³-hybridized carbons (Fsp3) is 0.421. The quantitative estimate of drug-likeness (QED) is 0.854. The van der Waals surface area contributed by atoms with Gasteiger partial charge in [-0.2, -0.15) is 0 Å². The molecule has 1 aliphatic rings. The number of hydrogen-bond donors (Lipinski definition) is 2. The highest BCUT2D eigenvalue weighted by molar-refractivity contribution is 5.91. The molecule has 1 heterocycles. The minimum Gasteiger partial charge on any atom is -0.485 e. The predicted octanol–water partition coefficient (Wildman–Crippen LogP) is 3.12. The molecule has 0 atom stereocenters. The molecule has 1 aromatic carbocycles. The normalized spacial score (nSPS) is 15.6. The third kappa shape index (κ3) is 3.79. The van der Waals surface area contributed by atoms with Crippen LogP contribution in [0, 0.1) is 13.8 Å². The average Bonchev–Trinajstić information content (AvgIpc) is 2.99. The number of ether oxygens (including phenoxy) is 1. The van der Waals surface area contributed by atoms with Gasteiger partial charge in [0.25, 0.3) is 5.91 Å². The van der Waals surface area contributed by atoms with Gasteiger partial charge in [0.05, 0.1) is 5.60 Å². The first-order valence-electron chi connectivity index (χ1n) is 8.25. The molecule has 0 unspecified atom stereocenters. The standard InChI is InChI=1S/C19H23NO4/c1-13-4-6-16(14(2)10-13)23-11-15-5-7-17(24-15)18(21)20-12-19(22)8-3-9-19/h4-7,10,22H,3,8-9,11-12H2,1-2H3,(H,20,21). The number of hydrogen-bond acceptors (Lipinski definition) is 4. The summed E-state index contributed by atoms with van der Waals surface area (Å²) in [6, 6.07) is 9.34. The van der Waals surface area contributed by atoms with Crippen LogP contribution in [-0.2, 0) is 6.61 Å². The summed E-state index contributed by atoms with van der Waals surface area (Å²) in [4.78, 5) is 12.1. The van der Waals surface area contributed by atoms with Crippen molar-refractivity contribution in [3.63, 3.8) is 0 Å². The number of carbonyl (C=O) groups is 1. The average molecular weight is 329 g/mol. The number of aliphatic hydroxyl groups is 1. The molecule has 5 nitrogen and oxygen atoms in total. The van der Waals surface area contributed by atoms with Crippen molar-refractivity contribution in [1.82, 2.24) is 5.32 Å². The lowest BCUT2D eigenvalue weighted by Crippen LogP contribution is -2.47. The Balaban J connectivity index is 1.54. The van der Waals surface area contributed by atoms with E-state index in [1.54, 1.807) is 12.1 Å². The molecule has 1 saturated carbocycles. The molecule has 3 rings (SSSR count). The second-order valence-electron chi connectivity index (χ2n) is 6.58. The zero-order valence-electron chi connectivity index (χ0n) is 14.1. The Morgan fingerprint density at radius 3 is 2.75 bits per heavy atom. The first-order valence-corrected chi connectivity index (χ1v) is 8.25. The summed E-state index contributed by atoms with van der Waals surface area (Å²) < 4.78 is 11.3. The number of carbonyl (C=O) groups excluding carboxylic acids is 1. The summed E-state index contributed by atoms with van der Waals surface area (Å²) in [7, 11) is 0. The third-order valence-electron chi connectivity index (χ3n) is 4.45. The van der Waals surface area contributed by atoms with Gasteiger partial charge in [-0.3, -0.25) is 4.79 Å². The Kier molecular flexibility index (Phi) is 4.62. The van der Waals surface area contributed by atoms with Gasteiger partial charge in [-0.25, -0.2) is 0 Å². The van der Waals surface area contributed by atoms with Gasteiger partial charge in [0.2, 0.25) is 0 Å². The van der Waals surface area contributed by atoms with Crippen molar-refractivity contribution in [2.45, 2.75) is 45.3 Å². The topological polar surface area (TPSA) is 71.7 Å². The lowest BCUT2D eigenvalue weighted by molar-refractivity contribution is -0.0302. The van der Waals surface area contributed by atoms with Crippen LogP contribution in [0.4, 0.5) is 0 Å². The lowest BCUT2D eigenvalue weighted by Gasteiger charge is -2.36. The van der Waals surface area contributed by atoms with E-state index in [4.69, 9.17) is 9.15 Å². The Morgan fingerprint density at radius 2 is 2.08 bits per heavy atom. The molecule has 128 valence electrons. The highest BCUT2D eigenvalue weighted by Gasteiger charge is 2.34. The van der Waals surface area contributed by atoms with Crippen LogP contribution in [0.5, 0.6) is 5.75 Å². The van der Waals surface area contributed by atoms with Crippen LogP contribution in [0.15, 0.2) is 34.7 Å². The molecule has 0 radical (unpaired) electrons. The van der Waals surface area contributed by atoms with Crippen molar-refractivity contribution in [1.29, 1.82) is 0 Å². The predicted molar refractivity (Wildman–Crippen MR) is 90.1 cm³/mol. The number of benzene rings is 1. The molecule has 1 amide bonds. The van der Waals surface area contributed by atoms with E-state index in [0.717, 1.165) is 30.6 Å². The fourth-order valence-electron chi connectivity index (χ4n) is 2.78. The van der Waals surface area contributed by atoms with Gasteiger partial charge in [0.15, 0.2) is 5.76 Å². The summed E-state index contributed by atoms with van der Waals surface area (Å²) in [5.74, 6) is 1.31. The number of aryl methyl sites for hydroxylation is 2. The molecule has 5 heteroatoms.